The zero-order chi connectivity index (χ0) is 27.6. The number of aromatic nitrogens is 3. The lowest BCUT2D eigenvalue weighted by molar-refractivity contribution is 0.0713. The Morgan fingerprint density at radius 1 is 1.02 bits per heavy atom. The van der Waals surface area contributed by atoms with E-state index in [1.54, 1.807) is 10.7 Å². The molecule has 3 N–H and O–H groups in total. The number of likely N-dealkylation sites (tertiary alicyclic amines) is 1. The fraction of sp³-hybridized carbons (Fsp3) is 0.219. The molecule has 2 aromatic heterocycles. The quantitative estimate of drug-likeness (QED) is 0.228. The Morgan fingerprint density at radius 3 is 2.52 bits per heavy atom. The molecular formula is C32H31BrN6O. The van der Waals surface area contributed by atoms with Gasteiger partial charge in [-0.2, -0.15) is 9.61 Å². The summed E-state index contributed by atoms with van der Waals surface area (Å²) in [6.07, 6.45) is 3.53. The van der Waals surface area contributed by atoms with Crippen molar-refractivity contribution in [1.82, 2.24) is 19.5 Å². The van der Waals surface area contributed by atoms with Crippen LogP contribution in [0.2, 0.25) is 0 Å². The van der Waals surface area contributed by atoms with Gasteiger partial charge in [-0.3, -0.25) is 4.79 Å². The van der Waals surface area contributed by atoms with Crippen LogP contribution in [-0.2, 0) is 6.54 Å². The van der Waals surface area contributed by atoms with E-state index >= 15 is 0 Å². The minimum absolute atomic E-state index is 0.0494. The van der Waals surface area contributed by atoms with Crippen molar-refractivity contribution in [3.63, 3.8) is 0 Å². The van der Waals surface area contributed by atoms with Crippen LogP contribution in [0, 0.1) is 6.92 Å². The smallest absolute Gasteiger partial charge is 0.259 e. The van der Waals surface area contributed by atoms with Gasteiger partial charge in [-0.1, -0.05) is 66.7 Å². The Balaban J connectivity index is 1.40. The molecule has 8 heteroatoms. The average Bonchev–Trinajstić information content (AvgIpc) is 3.34. The molecule has 0 aliphatic carbocycles. The maximum absolute atomic E-state index is 14.0. The predicted octanol–water partition coefficient (Wildman–Crippen LogP) is 6.69. The number of carbonyl (C=O) groups is 1. The SMILES string of the molecule is Cc1cccc(Nc2c(C(=O)N3CCC(c4ccccc4)CC3)cnc3c(Br)c(-c4ccccc4CN)nn23)c1. The number of piperidine rings is 1. The molecule has 6 rings (SSSR count). The van der Waals surface area contributed by atoms with E-state index < -0.39 is 0 Å². The van der Waals surface area contributed by atoms with Crippen LogP contribution in [0.15, 0.2) is 89.5 Å². The Hall–Kier alpha value is -4.01. The van der Waals surface area contributed by atoms with Gasteiger partial charge < -0.3 is 16.0 Å². The number of aryl methyl sites for hydroxylation is 1. The first kappa shape index (κ1) is 26.2. The van der Waals surface area contributed by atoms with Crippen LogP contribution >= 0.6 is 15.9 Å². The number of nitrogens with two attached hydrogens (primary N) is 1. The van der Waals surface area contributed by atoms with Gasteiger partial charge in [0.25, 0.3) is 5.91 Å². The molecule has 40 heavy (non-hydrogen) atoms. The van der Waals surface area contributed by atoms with Crippen molar-refractivity contribution in [2.45, 2.75) is 32.2 Å². The van der Waals surface area contributed by atoms with E-state index in [0.29, 0.717) is 42.6 Å². The maximum atomic E-state index is 14.0. The summed E-state index contributed by atoms with van der Waals surface area (Å²) < 4.78 is 2.49. The van der Waals surface area contributed by atoms with Crippen LogP contribution in [0.1, 0.15) is 45.8 Å². The highest BCUT2D eigenvalue weighted by atomic mass is 79.9. The standard InChI is InChI=1S/C32H31BrN6O/c1-21-8-7-12-25(18-21)36-30-27(32(40)38-16-14-23(15-17-38)22-9-3-2-4-10-22)20-35-31-28(33)29(37-39(30)31)26-13-6-5-11-24(26)19-34/h2-13,18,20,23,36H,14-17,19,34H2,1H3. The molecule has 1 aliphatic rings. The number of fused-ring (bicyclic) bond motifs is 1. The second-order valence-electron chi connectivity index (χ2n) is 10.3. The largest absolute Gasteiger partial charge is 0.339 e. The van der Waals surface area contributed by atoms with Gasteiger partial charge in [0.2, 0.25) is 0 Å². The first-order valence-corrected chi connectivity index (χ1v) is 14.4. The van der Waals surface area contributed by atoms with E-state index in [9.17, 15) is 4.79 Å². The molecule has 0 radical (unpaired) electrons. The first-order valence-electron chi connectivity index (χ1n) is 13.6. The summed E-state index contributed by atoms with van der Waals surface area (Å²) >= 11 is 3.74. The van der Waals surface area contributed by atoms with E-state index in [1.165, 1.54) is 5.56 Å². The van der Waals surface area contributed by atoms with Gasteiger partial charge >= 0.3 is 0 Å². The maximum Gasteiger partial charge on any atom is 0.259 e. The van der Waals surface area contributed by atoms with E-state index in [4.69, 9.17) is 15.8 Å². The number of halogens is 1. The molecule has 0 atom stereocenters. The van der Waals surface area contributed by atoms with E-state index in [-0.39, 0.29) is 5.91 Å². The van der Waals surface area contributed by atoms with Gasteiger partial charge in [0.05, 0.1) is 4.47 Å². The molecule has 1 amide bonds. The summed E-state index contributed by atoms with van der Waals surface area (Å²) in [7, 11) is 0. The molecule has 0 unspecified atom stereocenters. The minimum atomic E-state index is -0.0494. The third-order valence-corrected chi connectivity index (χ3v) is 8.37. The zero-order valence-electron chi connectivity index (χ0n) is 22.3. The van der Waals surface area contributed by atoms with Crippen molar-refractivity contribution in [3.05, 3.63) is 112 Å². The third kappa shape index (κ3) is 5.00. The van der Waals surface area contributed by atoms with Gasteiger partial charge in [0, 0.05) is 37.1 Å². The summed E-state index contributed by atoms with van der Waals surface area (Å²) in [4.78, 5) is 20.7. The van der Waals surface area contributed by atoms with E-state index in [1.807, 2.05) is 60.4 Å². The Bertz CT molecular complexity index is 1670. The molecule has 7 nitrogen and oxygen atoms in total. The highest BCUT2D eigenvalue weighted by molar-refractivity contribution is 9.10. The average molecular weight is 596 g/mol. The van der Waals surface area contributed by atoms with E-state index in [0.717, 1.165) is 45.4 Å². The lowest BCUT2D eigenvalue weighted by Crippen LogP contribution is -2.38. The predicted molar refractivity (Wildman–Crippen MR) is 163 cm³/mol. The van der Waals surface area contributed by atoms with Gasteiger partial charge in [-0.05, 0) is 70.4 Å². The topological polar surface area (TPSA) is 88.5 Å². The molecule has 1 aliphatic heterocycles. The molecule has 3 aromatic carbocycles. The fourth-order valence-electron chi connectivity index (χ4n) is 5.51. The molecule has 1 saturated heterocycles. The van der Waals surface area contributed by atoms with Crippen LogP contribution < -0.4 is 11.1 Å². The van der Waals surface area contributed by atoms with Crippen LogP contribution in [0.5, 0.6) is 0 Å². The Labute approximate surface area is 242 Å². The highest BCUT2D eigenvalue weighted by Crippen LogP contribution is 2.36. The van der Waals surface area contributed by atoms with Crippen molar-refractivity contribution in [1.29, 1.82) is 0 Å². The normalized spacial score (nSPS) is 14.0. The van der Waals surface area contributed by atoms with Crippen molar-refractivity contribution in [2.75, 3.05) is 18.4 Å². The van der Waals surface area contributed by atoms with Crippen molar-refractivity contribution in [3.8, 4) is 11.3 Å². The molecule has 3 heterocycles. The molecule has 0 saturated carbocycles. The van der Waals surface area contributed by atoms with Crippen molar-refractivity contribution < 1.29 is 4.79 Å². The number of anilines is 2. The van der Waals surface area contributed by atoms with Crippen LogP contribution in [0.25, 0.3) is 16.9 Å². The second kappa shape index (κ2) is 11.2. The molecule has 0 spiro atoms. The third-order valence-electron chi connectivity index (χ3n) is 7.64. The van der Waals surface area contributed by atoms with Crippen molar-refractivity contribution >= 4 is 39.0 Å². The summed E-state index contributed by atoms with van der Waals surface area (Å²) in [6, 6.07) is 26.6. The number of carbonyl (C=O) groups excluding carboxylic acids is 1. The summed E-state index contributed by atoms with van der Waals surface area (Å²) in [5.74, 6) is 0.998. The number of hydrogen-bond donors (Lipinski definition) is 2. The van der Waals surface area contributed by atoms with Crippen molar-refractivity contribution in [2.24, 2.45) is 5.73 Å². The number of benzene rings is 3. The zero-order valence-corrected chi connectivity index (χ0v) is 23.9. The molecule has 0 bridgehead atoms. The summed E-state index contributed by atoms with van der Waals surface area (Å²) in [6.45, 7) is 3.82. The van der Waals surface area contributed by atoms with Gasteiger partial charge in [0.1, 0.15) is 17.1 Å². The van der Waals surface area contributed by atoms with Gasteiger partial charge in [-0.25, -0.2) is 4.98 Å². The molecular weight excluding hydrogens is 564 g/mol. The van der Waals surface area contributed by atoms with Crippen LogP contribution in [0.4, 0.5) is 11.5 Å². The van der Waals surface area contributed by atoms with Gasteiger partial charge in [0.15, 0.2) is 5.65 Å². The van der Waals surface area contributed by atoms with Crippen LogP contribution in [0.3, 0.4) is 0 Å². The number of hydrogen-bond acceptors (Lipinski definition) is 5. The van der Waals surface area contributed by atoms with E-state index in [2.05, 4.69) is 51.6 Å². The van der Waals surface area contributed by atoms with Crippen LogP contribution in [-0.4, -0.2) is 38.5 Å². The lowest BCUT2D eigenvalue weighted by Gasteiger charge is -2.32. The number of rotatable bonds is 6. The lowest BCUT2D eigenvalue weighted by atomic mass is 9.89. The number of amides is 1. The molecule has 202 valence electrons. The highest BCUT2D eigenvalue weighted by Gasteiger charge is 2.28. The number of nitrogens with zero attached hydrogens (tertiary/aromatic N) is 4. The monoisotopic (exact) mass is 594 g/mol. The number of nitrogens with one attached hydrogen (secondary N) is 1. The first-order chi connectivity index (χ1) is 19.5. The fourth-order valence-corrected chi connectivity index (χ4v) is 6.07. The summed E-state index contributed by atoms with van der Waals surface area (Å²) in [5, 5.41) is 8.47. The minimum Gasteiger partial charge on any atom is -0.339 e. The summed E-state index contributed by atoms with van der Waals surface area (Å²) in [5.41, 5.74) is 13.1. The Morgan fingerprint density at radius 2 is 1.77 bits per heavy atom. The second-order valence-corrected chi connectivity index (χ2v) is 11.0. The Kier molecular flexibility index (Phi) is 7.36. The molecule has 1 fully saturated rings. The molecule has 5 aromatic rings. The van der Waals surface area contributed by atoms with Gasteiger partial charge in [-0.15, -0.1) is 0 Å².